The summed E-state index contributed by atoms with van der Waals surface area (Å²) in [6.07, 6.45) is 0. The van der Waals surface area contributed by atoms with E-state index in [9.17, 15) is 25.9 Å². The minimum absolute atomic E-state index is 0.0329. The predicted octanol–water partition coefficient (Wildman–Crippen LogP) is 4.70. The third-order valence-corrected chi connectivity index (χ3v) is 6.47. The highest BCUT2D eigenvalue weighted by Gasteiger charge is 2.32. The molecule has 0 saturated heterocycles. The molecule has 0 aliphatic heterocycles. The Kier molecular flexibility index (Phi) is 5.79. The van der Waals surface area contributed by atoms with E-state index < -0.39 is 30.0 Å². The molecule has 0 amide bonds. The van der Waals surface area contributed by atoms with Gasteiger partial charge in [-0.25, -0.2) is 0 Å². The smallest absolute Gasteiger partial charge is 0.282 e. The zero-order chi connectivity index (χ0) is 20.9. The molecule has 2 aromatic rings. The van der Waals surface area contributed by atoms with Crippen molar-refractivity contribution in [2.45, 2.75) is 69.1 Å². The fourth-order valence-electron chi connectivity index (χ4n) is 3.84. The number of benzene rings is 2. The fourth-order valence-corrected chi connectivity index (χ4v) is 5.72. The van der Waals surface area contributed by atoms with Crippen LogP contribution < -0.4 is 0 Å². The first kappa shape index (κ1) is 21.8. The van der Waals surface area contributed by atoms with Crippen LogP contribution in [0, 0.1) is 0 Å². The molecule has 0 spiro atoms. The second-order valence-corrected chi connectivity index (χ2v) is 10.4. The van der Waals surface area contributed by atoms with Crippen LogP contribution >= 0.6 is 0 Å². The van der Waals surface area contributed by atoms with Gasteiger partial charge in [-0.15, -0.1) is 0 Å². The summed E-state index contributed by atoms with van der Waals surface area (Å²) in [6, 6.07) is 4.24. The van der Waals surface area contributed by atoms with Gasteiger partial charge in [-0.05, 0) is 45.9 Å². The molecule has 0 atom stereocenters. The molecule has 0 aliphatic carbocycles. The second kappa shape index (κ2) is 7.16. The topological polar surface area (TPSA) is 109 Å². The van der Waals surface area contributed by atoms with Crippen LogP contribution in [0.1, 0.15) is 76.0 Å². The van der Waals surface area contributed by atoms with Gasteiger partial charge in [0.15, 0.2) is 0 Å². The lowest BCUT2D eigenvalue weighted by molar-refractivity contribution is 0.481. The first-order chi connectivity index (χ1) is 12.2. The molecule has 150 valence electrons. The summed E-state index contributed by atoms with van der Waals surface area (Å²) >= 11 is 0. The zero-order valence-electron chi connectivity index (χ0n) is 16.3. The normalized spacial score (nSPS) is 13.3. The molecule has 0 radical (unpaired) electrons. The van der Waals surface area contributed by atoms with Crippen molar-refractivity contribution in [3.63, 3.8) is 0 Å². The minimum atomic E-state index is -4.76. The Morgan fingerprint density at radius 2 is 1.19 bits per heavy atom. The highest BCUT2D eigenvalue weighted by molar-refractivity contribution is 7.87. The average molecular weight is 415 g/mol. The Balaban J connectivity index is 3.44. The number of hydrogen-bond acceptors (Lipinski definition) is 4. The molecule has 2 rings (SSSR count). The predicted molar refractivity (Wildman–Crippen MR) is 106 cm³/mol. The van der Waals surface area contributed by atoms with Gasteiger partial charge >= 0.3 is 0 Å². The standard InChI is InChI=1S/C19H26O6S2/c1-10(2)15-13-8-7-9-14(26(20,21)22)18(13)19(27(23,24)25)17(12(5)6)16(15)11(3)4/h7-12H,1-6H3,(H,20,21,22)(H,23,24,25). The lowest BCUT2D eigenvalue weighted by Crippen LogP contribution is -2.15. The summed E-state index contributed by atoms with van der Waals surface area (Å²) in [5.74, 6) is -0.385. The third kappa shape index (κ3) is 3.89. The van der Waals surface area contributed by atoms with E-state index in [1.54, 1.807) is 19.9 Å². The van der Waals surface area contributed by atoms with Crippen LogP contribution in [0.25, 0.3) is 10.8 Å². The Morgan fingerprint density at radius 3 is 1.56 bits per heavy atom. The monoisotopic (exact) mass is 414 g/mol. The maximum absolute atomic E-state index is 12.4. The molecular formula is C19H26O6S2. The molecule has 0 aliphatic rings. The van der Waals surface area contributed by atoms with Crippen LogP contribution in [-0.4, -0.2) is 25.9 Å². The van der Waals surface area contributed by atoms with Crippen molar-refractivity contribution in [2.75, 3.05) is 0 Å². The Hall–Kier alpha value is -1.48. The second-order valence-electron chi connectivity index (χ2n) is 7.66. The highest BCUT2D eigenvalue weighted by atomic mass is 32.2. The van der Waals surface area contributed by atoms with E-state index in [2.05, 4.69) is 0 Å². The molecule has 8 heteroatoms. The quantitative estimate of drug-likeness (QED) is 0.686. The minimum Gasteiger partial charge on any atom is -0.282 e. The van der Waals surface area contributed by atoms with Crippen molar-refractivity contribution in [2.24, 2.45) is 0 Å². The number of rotatable bonds is 5. The van der Waals surface area contributed by atoms with Crippen LogP contribution in [0.3, 0.4) is 0 Å². The number of fused-ring (bicyclic) bond motifs is 1. The van der Waals surface area contributed by atoms with Crippen LogP contribution in [0.4, 0.5) is 0 Å². The van der Waals surface area contributed by atoms with E-state index >= 15 is 0 Å². The molecule has 0 bridgehead atoms. The first-order valence-electron chi connectivity index (χ1n) is 8.76. The Bertz CT molecular complexity index is 1090. The third-order valence-electron chi connectivity index (χ3n) is 4.64. The van der Waals surface area contributed by atoms with Gasteiger partial charge in [-0.1, -0.05) is 53.7 Å². The zero-order valence-corrected chi connectivity index (χ0v) is 17.9. The maximum Gasteiger partial charge on any atom is 0.295 e. The van der Waals surface area contributed by atoms with Gasteiger partial charge in [0.05, 0.1) is 0 Å². The summed E-state index contributed by atoms with van der Waals surface area (Å²) in [7, 11) is -9.47. The molecule has 0 unspecified atom stereocenters. The lowest BCUT2D eigenvalue weighted by Gasteiger charge is -2.28. The lowest BCUT2D eigenvalue weighted by atomic mass is 9.80. The molecule has 0 aromatic heterocycles. The van der Waals surface area contributed by atoms with E-state index in [1.165, 1.54) is 6.07 Å². The van der Waals surface area contributed by atoms with Crippen molar-refractivity contribution >= 4 is 31.0 Å². The van der Waals surface area contributed by atoms with Crippen LogP contribution in [-0.2, 0) is 20.2 Å². The fraction of sp³-hybridized carbons (Fsp3) is 0.474. The summed E-state index contributed by atoms with van der Waals surface area (Å²) < 4.78 is 68.5. The van der Waals surface area contributed by atoms with Crippen molar-refractivity contribution in [3.8, 4) is 0 Å². The SMILES string of the molecule is CC(C)c1c(C(C)C)c(S(=O)(=O)O)c2c(S(=O)(=O)O)cccc2c1C(C)C. The molecule has 27 heavy (non-hydrogen) atoms. The molecule has 2 N–H and O–H groups in total. The average Bonchev–Trinajstić information content (AvgIpc) is 2.49. The molecule has 2 aromatic carbocycles. The van der Waals surface area contributed by atoms with E-state index in [1.807, 2.05) is 27.7 Å². The van der Waals surface area contributed by atoms with Crippen LogP contribution in [0.5, 0.6) is 0 Å². The van der Waals surface area contributed by atoms with E-state index in [0.29, 0.717) is 10.9 Å². The van der Waals surface area contributed by atoms with Crippen molar-refractivity contribution in [1.82, 2.24) is 0 Å². The molecule has 0 fully saturated rings. The van der Waals surface area contributed by atoms with E-state index in [4.69, 9.17) is 0 Å². The summed E-state index contributed by atoms with van der Waals surface area (Å²) in [5, 5.41) is 0.250. The van der Waals surface area contributed by atoms with Crippen molar-refractivity contribution < 1.29 is 25.9 Å². The summed E-state index contributed by atoms with van der Waals surface area (Å²) in [4.78, 5) is -0.958. The van der Waals surface area contributed by atoms with Crippen molar-refractivity contribution in [1.29, 1.82) is 0 Å². The summed E-state index contributed by atoms with van der Waals surface area (Å²) in [5.41, 5.74) is 1.99. The van der Waals surface area contributed by atoms with Crippen molar-refractivity contribution in [3.05, 3.63) is 34.9 Å². The molecule has 0 saturated carbocycles. The molecular weight excluding hydrogens is 388 g/mol. The van der Waals surface area contributed by atoms with Gasteiger partial charge in [0, 0.05) is 5.39 Å². The molecule has 6 nitrogen and oxygen atoms in total. The largest absolute Gasteiger partial charge is 0.295 e. The van der Waals surface area contributed by atoms with Crippen LogP contribution in [0.2, 0.25) is 0 Å². The van der Waals surface area contributed by atoms with E-state index in [0.717, 1.165) is 17.2 Å². The van der Waals surface area contributed by atoms with Gasteiger partial charge < -0.3 is 0 Å². The van der Waals surface area contributed by atoms with Crippen LogP contribution in [0.15, 0.2) is 28.0 Å². The Labute approximate surface area is 161 Å². The van der Waals surface area contributed by atoms with Gasteiger partial charge in [-0.3, -0.25) is 9.11 Å². The number of hydrogen-bond donors (Lipinski definition) is 2. The highest BCUT2D eigenvalue weighted by Crippen LogP contribution is 2.45. The summed E-state index contributed by atoms with van der Waals surface area (Å²) in [6.45, 7) is 11.3. The van der Waals surface area contributed by atoms with E-state index in [-0.39, 0.29) is 23.1 Å². The van der Waals surface area contributed by atoms with Gasteiger partial charge in [0.1, 0.15) is 9.79 Å². The van der Waals surface area contributed by atoms with Gasteiger partial charge in [-0.2, -0.15) is 16.8 Å². The van der Waals surface area contributed by atoms with Gasteiger partial charge in [0.2, 0.25) is 0 Å². The van der Waals surface area contributed by atoms with Gasteiger partial charge in [0.25, 0.3) is 20.2 Å². The maximum atomic E-state index is 12.4. The molecule has 0 heterocycles. The Morgan fingerprint density at radius 1 is 0.704 bits per heavy atom. The first-order valence-corrected chi connectivity index (χ1v) is 11.6.